The molecule has 1 fully saturated rings. The van der Waals surface area contributed by atoms with Gasteiger partial charge in [0, 0.05) is 20.2 Å². The van der Waals surface area contributed by atoms with Crippen molar-refractivity contribution < 1.29 is 18.7 Å². The number of likely N-dealkylation sites (tertiary alicyclic amines) is 1. The Bertz CT molecular complexity index is 481. The predicted molar refractivity (Wildman–Crippen MR) is 81.1 cm³/mol. The number of halogens is 1. The third-order valence-corrected chi connectivity index (χ3v) is 4.01. The lowest BCUT2D eigenvalue weighted by atomic mass is 9.93. The summed E-state index contributed by atoms with van der Waals surface area (Å²) in [7, 11) is 1.61. The van der Waals surface area contributed by atoms with Gasteiger partial charge < -0.3 is 20.1 Å². The summed E-state index contributed by atoms with van der Waals surface area (Å²) in [5.41, 5.74) is 5.39. The van der Waals surface area contributed by atoms with Crippen LogP contribution in [0.2, 0.25) is 0 Å². The molecule has 0 bridgehead atoms. The first-order chi connectivity index (χ1) is 10.6. The summed E-state index contributed by atoms with van der Waals surface area (Å²) in [6.07, 6.45) is 1.45. The molecule has 1 aromatic carbocycles. The fourth-order valence-corrected chi connectivity index (χ4v) is 2.76. The second-order valence-corrected chi connectivity index (χ2v) is 5.53. The Morgan fingerprint density at radius 1 is 1.41 bits per heavy atom. The predicted octanol–water partition coefficient (Wildman–Crippen LogP) is 1.42. The molecule has 0 radical (unpaired) electrons. The summed E-state index contributed by atoms with van der Waals surface area (Å²) >= 11 is 0. The van der Waals surface area contributed by atoms with Crippen LogP contribution in [0, 0.1) is 11.7 Å². The number of carbonyl (C=O) groups is 1. The minimum Gasteiger partial charge on any atom is -0.494 e. The summed E-state index contributed by atoms with van der Waals surface area (Å²) in [4.78, 5) is 13.6. The van der Waals surface area contributed by atoms with Crippen LogP contribution >= 0.6 is 0 Å². The molecule has 0 aliphatic carbocycles. The van der Waals surface area contributed by atoms with Crippen LogP contribution in [-0.2, 0) is 9.53 Å². The molecule has 122 valence electrons. The van der Waals surface area contributed by atoms with E-state index < -0.39 is 0 Å². The van der Waals surface area contributed by atoms with Gasteiger partial charge in [-0.1, -0.05) is 0 Å². The van der Waals surface area contributed by atoms with Gasteiger partial charge in [0.2, 0.25) is 5.91 Å². The van der Waals surface area contributed by atoms with Crippen LogP contribution < -0.4 is 10.5 Å². The van der Waals surface area contributed by atoms with Crippen molar-refractivity contribution in [3.05, 3.63) is 30.1 Å². The number of rotatable bonds is 7. The van der Waals surface area contributed by atoms with Gasteiger partial charge in [-0.25, -0.2) is 4.39 Å². The highest BCUT2D eigenvalue weighted by atomic mass is 19.1. The molecular weight excluding hydrogens is 287 g/mol. The first-order valence-electron chi connectivity index (χ1n) is 7.53. The first-order valence-corrected chi connectivity index (χ1v) is 7.53. The molecule has 2 N–H and O–H groups in total. The van der Waals surface area contributed by atoms with Gasteiger partial charge in [0.05, 0.1) is 18.6 Å². The van der Waals surface area contributed by atoms with Gasteiger partial charge in [0.25, 0.3) is 0 Å². The van der Waals surface area contributed by atoms with E-state index in [9.17, 15) is 9.18 Å². The van der Waals surface area contributed by atoms with Crippen molar-refractivity contribution >= 4 is 5.91 Å². The van der Waals surface area contributed by atoms with Crippen LogP contribution in [0.25, 0.3) is 0 Å². The summed E-state index contributed by atoms with van der Waals surface area (Å²) in [6.45, 7) is 2.98. The summed E-state index contributed by atoms with van der Waals surface area (Å²) in [6, 6.07) is 6.00. The molecule has 1 amide bonds. The summed E-state index contributed by atoms with van der Waals surface area (Å²) < 4.78 is 23.7. The number of primary amides is 1. The third-order valence-electron chi connectivity index (χ3n) is 4.01. The molecule has 0 saturated carbocycles. The van der Waals surface area contributed by atoms with E-state index >= 15 is 0 Å². The van der Waals surface area contributed by atoms with E-state index in [-0.39, 0.29) is 23.7 Å². The Balaban J connectivity index is 1.69. The van der Waals surface area contributed by atoms with Crippen molar-refractivity contribution in [1.29, 1.82) is 0 Å². The van der Waals surface area contributed by atoms with E-state index in [1.807, 2.05) is 0 Å². The standard InChI is InChI=1S/C16H23FN2O3/c1-21-15-11-19(9-7-14(15)16(18)20)8-2-10-22-13-5-3-12(17)4-6-13/h3-6,14-15H,2,7-11H2,1H3,(H2,18,20). The van der Waals surface area contributed by atoms with Crippen LogP contribution in [0.5, 0.6) is 5.75 Å². The molecule has 22 heavy (non-hydrogen) atoms. The largest absolute Gasteiger partial charge is 0.494 e. The lowest BCUT2D eigenvalue weighted by Gasteiger charge is -2.36. The highest BCUT2D eigenvalue weighted by Gasteiger charge is 2.32. The van der Waals surface area contributed by atoms with E-state index in [4.69, 9.17) is 15.2 Å². The van der Waals surface area contributed by atoms with Crippen molar-refractivity contribution in [2.24, 2.45) is 11.7 Å². The number of amides is 1. The third kappa shape index (κ3) is 4.68. The zero-order chi connectivity index (χ0) is 15.9. The maximum atomic E-state index is 12.8. The highest BCUT2D eigenvalue weighted by molar-refractivity contribution is 5.77. The van der Waals surface area contributed by atoms with Gasteiger partial charge in [-0.05, 0) is 43.7 Å². The molecule has 1 saturated heterocycles. The normalized spacial score (nSPS) is 22.5. The molecular formula is C16H23FN2O3. The average Bonchev–Trinajstić information content (AvgIpc) is 2.52. The summed E-state index contributed by atoms with van der Waals surface area (Å²) in [5, 5.41) is 0. The maximum absolute atomic E-state index is 12.8. The molecule has 1 heterocycles. The fourth-order valence-electron chi connectivity index (χ4n) is 2.76. The van der Waals surface area contributed by atoms with Gasteiger partial charge in [0.1, 0.15) is 11.6 Å². The number of hydrogen-bond acceptors (Lipinski definition) is 4. The maximum Gasteiger partial charge on any atom is 0.223 e. The molecule has 1 aliphatic rings. The Labute approximate surface area is 130 Å². The second kappa shape index (κ2) is 8.10. The molecule has 2 rings (SSSR count). The van der Waals surface area contributed by atoms with Crippen molar-refractivity contribution in [2.75, 3.05) is 33.4 Å². The molecule has 0 spiro atoms. The molecule has 1 aromatic rings. The fraction of sp³-hybridized carbons (Fsp3) is 0.562. The number of ether oxygens (including phenoxy) is 2. The number of methoxy groups -OCH3 is 1. The smallest absolute Gasteiger partial charge is 0.223 e. The van der Waals surface area contributed by atoms with Crippen molar-refractivity contribution in [3.63, 3.8) is 0 Å². The van der Waals surface area contributed by atoms with Gasteiger partial charge >= 0.3 is 0 Å². The zero-order valence-electron chi connectivity index (χ0n) is 12.8. The first kappa shape index (κ1) is 16.7. The number of nitrogens with zero attached hydrogens (tertiary/aromatic N) is 1. The lowest BCUT2D eigenvalue weighted by Crippen LogP contribution is -2.49. The van der Waals surface area contributed by atoms with Crippen LogP contribution in [0.15, 0.2) is 24.3 Å². The quantitative estimate of drug-likeness (QED) is 0.774. The van der Waals surface area contributed by atoms with E-state index in [2.05, 4.69) is 4.90 Å². The molecule has 6 heteroatoms. The van der Waals surface area contributed by atoms with Gasteiger partial charge in [-0.2, -0.15) is 0 Å². The van der Waals surface area contributed by atoms with E-state index in [0.717, 1.165) is 25.9 Å². The minimum atomic E-state index is -0.286. The van der Waals surface area contributed by atoms with Crippen LogP contribution in [0.3, 0.4) is 0 Å². The van der Waals surface area contributed by atoms with Crippen LogP contribution in [-0.4, -0.2) is 50.3 Å². The van der Waals surface area contributed by atoms with Gasteiger partial charge in [0.15, 0.2) is 0 Å². The topological polar surface area (TPSA) is 64.8 Å². The van der Waals surface area contributed by atoms with Crippen molar-refractivity contribution in [1.82, 2.24) is 4.90 Å². The Hall–Kier alpha value is -1.66. The monoisotopic (exact) mass is 310 g/mol. The number of hydrogen-bond donors (Lipinski definition) is 1. The van der Waals surface area contributed by atoms with E-state index in [1.165, 1.54) is 12.1 Å². The molecule has 1 aliphatic heterocycles. The Morgan fingerprint density at radius 3 is 2.77 bits per heavy atom. The van der Waals surface area contributed by atoms with Crippen LogP contribution in [0.4, 0.5) is 4.39 Å². The molecule has 5 nitrogen and oxygen atoms in total. The van der Waals surface area contributed by atoms with Crippen molar-refractivity contribution in [3.8, 4) is 5.75 Å². The Kier molecular flexibility index (Phi) is 6.15. The van der Waals surface area contributed by atoms with Gasteiger partial charge in [-0.3, -0.25) is 4.79 Å². The summed E-state index contributed by atoms with van der Waals surface area (Å²) in [5.74, 6) is -0.0817. The molecule has 2 atom stereocenters. The number of carbonyl (C=O) groups excluding carboxylic acids is 1. The lowest BCUT2D eigenvalue weighted by molar-refractivity contribution is -0.129. The number of nitrogens with two attached hydrogens (primary N) is 1. The molecule has 0 aromatic heterocycles. The highest BCUT2D eigenvalue weighted by Crippen LogP contribution is 2.20. The number of benzene rings is 1. The second-order valence-electron chi connectivity index (χ2n) is 5.53. The van der Waals surface area contributed by atoms with Crippen molar-refractivity contribution in [2.45, 2.75) is 18.9 Å². The van der Waals surface area contributed by atoms with E-state index in [1.54, 1.807) is 19.2 Å². The minimum absolute atomic E-state index is 0.135. The van der Waals surface area contributed by atoms with E-state index in [0.29, 0.717) is 18.9 Å². The Morgan fingerprint density at radius 2 is 2.14 bits per heavy atom. The van der Waals surface area contributed by atoms with Crippen LogP contribution in [0.1, 0.15) is 12.8 Å². The zero-order valence-corrected chi connectivity index (χ0v) is 12.8. The number of piperidine rings is 1. The molecule has 2 unspecified atom stereocenters. The van der Waals surface area contributed by atoms with Gasteiger partial charge in [-0.15, -0.1) is 0 Å². The SMILES string of the molecule is COC1CN(CCCOc2ccc(F)cc2)CCC1C(N)=O. The average molecular weight is 310 g/mol.